The van der Waals surface area contributed by atoms with Crippen LogP contribution in [-0.4, -0.2) is 67.3 Å². The van der Waals surface area contributed by atoms with Gasteiger partial charge in [-0.3, -0.25) is 19.3 Å². The van der Waals surface area contributed by atoms with Gasteiger partial charge < -0.3 is 15.5 Å². The molecular weight excluding hydrogens is 392 g/mol. The molecule has 170 valence electrons. The van der Waals surface area contributed by atoms with E-state index in [0.717, 1.165) is 25.7 Å². The molecule has 2 N–H and O–H groups in total. The molecule has 0 radical (unpaired) electrons. The number of amides is 3. The topological polar surface area (TPSA) is 81.8 Å². The third-order valence-electron chi connectivity index (χ3n) is 7.29. The molecule has 0 aromatic heterocycles. The zero-order chi connectivity index (χ0) is 22.9. The Balaban J connectivity index is 1.65. The van der Waals surface area contributed by atoms with Crippen LogP contribution in [0.3, 0.4) is 0 Å². The van der Waals surface area contributed by atoms with Gasteiger partial charge in [0, 0.05) is 25.6 Å². The number of nitrogens with zero attached hydrogens (tertiary/aromatic N) is 2. The molecule has 1 aromatic carbocycles. The number of hydrogen-bond donors (Lipinski definition) is 2. The fourth-order valence-electron chi connectivity index (χ4n) is 5.33. The maximum Gasteiger partial charge on any atom is 0.244 e. The van der Waals surface area contributed by atoms with E-state index < -0.39 is 5.54 Å². The molecular formula is C24H36N4O3. The maximum atomic E-state index is 12.8. The van der Waals surface area contributed by atoms with Crippen molar-refractivity contribution >= 4 is 17.7 Å². The van der Waals surface area contributed by atoms with Crippen molar-refractivity contribution in [3.63, 3.8) is 0 Å². The summed E-state index contributed by atoms with van der Waals surface area (Å²) in [5.41, 5.74) is 0.227. The number of likely N-dealkylation sites (N-methyl/N-ethyl adjacent to an activating group) is 1. The monoisotopic (exact) mass is 428 g/mol. The second-order valence-electron chi connectivity index (χ2n) is 9.97. The van der Waals surface area contributed by atoms with Gasteiger partial charge in [-0.25, -0.2) is 0 Å². The van der Waals surface area contributed by atoms with Crippen LogP contribution >= 0.6 is 0 Å². The summed E-state index contributed by atoms with van der Waals surface area (Å²) < 4.78 is 0. The van der Waals surface area contributed by atoms with Gasteiger partial charge in [0.2, 0.25) is 17.7 Å². The van der Waals surface area contributed by atoms with Crippen LogP contribution in [0.1, 0.15) is 51.5 Å². The first-order valence-corrected chi connectivity index (χ1v) is 11.1. The van der Waals surface area contributed by atoms with Gasteiger partial charge in [-0.15, -0.1) is 0 Å². The highest BCUT2D eigenvalue weighted by molar-refractivity contribution is 5.92. The molecule has 7 heteroatoms. The summed E-state index contributed by atoms with van der Waals surface area (Å²) in [7, 11) is 5.81. The van der Waals surface area contributed by atoms with Crippen molar-refractivity contribution in [3.05, 3.63) is 35.9 Å². The molecule has 2 fully saturated rings. The normalized spacial score (nSPS) is 26.4. The Morgan fingerprint density at radius 1 is 1.10 bits per heavy atom. The second kappa shape index (κ2) is 8.61. The first-order chi connectivity index (χ1) is 14.5. The SMILES string of the molecule is CNC(=O)C(C)(C)NC(=O)CN1C[C@]2(CC[C@](c3ccccc3)(N(C)C)CC2)CC1=O. The highest BCUT2D eigenvalue weighted by Gasteiger charge is 2.50. The molecule has 31 heavy (non-hydrogen) atoms. The van der Waals surface area contributed by atoms with Gasteiger partial charge in [-0.2, -0.15) is 0 Å². The largest absolute Gasteiger partial charge is 0.357 e. The highest BCUT2D eigenvalue weighted by atomic mass is 16.2. The smallest absolute Gasteiger partial charge is 0.244 e. The van der Waals surface area contributed by atoms with Crippen LogP contribution in [0.25, 0.3) is 0 Å². The van der Waals surface area contributed by atoms with E-state index in [0.29, 0.717) is 13.0 Å². The summed E-state index contributed by atoms with van der Waals surface area (Å²) in [6, 6.07) is 10.6. The van der Waals surface area contributed by atoms with Crippen LogP contribution in [0.2, 0.25) is 0 Å². The van der Waals surface area contributed by atoms with Crippen LogP contribution in [0, 0.1) is 5.41 Å². The number of hydrogen-bond acceptors (Lipinski definition) is 4. The molecule has 3 rings (SSSR count). The predicted octanol–water partition coefficient (Wildman–Crippen LogP) is 1.88. The van der Waals surface area contributed by atoms with Crippen LogP contribution in [-0.2, 0) is 19.9 Å². The fraction of sp³-hybridized carbons (Fsp3) is 0.625. The molecule has 0 bridgehead atoms. The number of nitrogens with one attached hydrogen (secondary N) is 2. The Kier molecular flexibility index (Phi) is 6.46. The first kappa shape index (κ1) is 23.3. The van der Waals surface area contributed by atoms with Gasteiger partial charge in [-0.05, 0) is 64.6 Å². The molecule has 7 nitrogen and oxygen atoms in total. The zero-order valence-electron chi connectivity index (χ0n) is 19.5. The molecule has 1 aliphatic heterocycles. The van der Waals surface area contributed by atoms with E-state index in [2.05, 4.69) is 53.9 Å². The van der Waals surface area contributed by atoms with E-state index in [1.165, 1.54) is 12.6 Å². The Morgan fingerprint density at radius 3 is 2.26 bits per heavy atom. The van der Waals surface area contributed by atoms with E-state index in [4.69, 9.17) is 0 Å². The first-order valence-electron chi connectivity index (χ1n) is 11.1. The number of benzene rings is 1. The molecule has 1 spiro atoms. The number of carbonyl (C=O) groups is 3. The Hall–Kier alpha value is -2.41. The number of rotatable bonds is 6. The Morgan fingerprint density at radius 2 is 1.71 bits per heavy atom. The minimum Gasteiger partial charge on any atom is -0.357 e. The molecule has 1 saturated carbocycles. The van der Waals surface area contributed by atoms with E-state index >= 15 is 0 Å². The van der Waals surface area contributed by atoms with Gasteiger partial charge >= 0.3 is 0 Å². The van der Waals surface area contributed by atoms with Crippen LogP contribution in [0.4, 0.5) is 0 Å². The summed E-state index contributed by atoms with van der Waals surface area (Å²) in [6.07, 6.45) is 4.38. The lowest BCUT2D eigenvalue weighted by Gasteiger charge is -2.48. The minimum absolute atomic E-state index is 0.00147. The summed E-state index contributed by atoms with van der Waals surface area (Å²) in [5, 5.41) is 5.30. The molecule has 1 saturated heterocycles. The molecule has 2 aliphatic rings. The lowest BCUT2D eigenvalue weighted by molar-refractivity contribution is -0.136. The van der Waals surface area contributed by atoms with Crippen LogP contribution < -0.4 is 10.6 Å². The molecule has 1 aliphatic carbocycles. The van der Waals surface area contributed by atoms with Gasteiger partial charge in [0.15, 0.2) is 0 Å². The van der Waals surface area contributed by atoms with E-state index in [-0.39, 0.29) is 35.2 Å². The van der Waals surface area contributed by atoms with Gasteiger partial charge in [-0.1, -0.05) is 30.3 Å². The van der Waals surface area contributed by atoms with Crippen LogP contribution in [0.5, 0.6) is 0 Å². The van der Waals surface area contributed by atoms with Gasteiger partial charge in [0.05, 0.1) is 6.54 Å². The zero-order valence-corrected chi connectivity index (χ0v) is 19.5. The summed E-state index contributed by atoms with van der Waals surface area (Å²) in [6.45, 7) is 3.92. The standard InChI is InChI=1S/C24H36N4O3/c1-22(2,21(31)25-3)26-19(29)16-28-17-23(15-20(28)30)11-13-24(14-12-23,27(4)5)18-9-7-6-8-10-18/h6-10H,11-17H2,1-5H3,(H,25,31)(H,26,29)/t23-,24-. The van der Waals surface area contributed by atoms with Crippen molar-refractivity contribution < 1.29 is 14.4 Å². The minimum atomic E-state index is -1.02. The lowest BCUT2D eigenvalue weighted by Crippen LogP contribution is -2.56. The quantitative estimate of drug-likeness (QED) is 0.725. The summed E-state index contributed by atoms with van der Waals surface area (Å²) in [5.74, 6) is -0.537. The highest BCUT2D eigenvalue weighted by Crippen LogP contribution is 2.52. The van der Waals surface area contributed by atoms with Crippen molar-refractivity contribution in [3.8, 4) is 0 Å². The third-order valence-corrected chi connectivity index (χ3v) is 7.29. The molecule has 1 aromatic rings. The van der Waals surface area contributed by atoms with Crippen LogP contribution in [0.15, 0.2) is 30.3 Å². The Bertz CT molecular complexity index is 826. The second-order valence-corrected chi connectivity index (χ2v) is 9.97. The van der Waals surface area contributed by atoms with E-state index in [1.54, 1.807) is 18.7 Å². The van der Waals surface area contributed by atoms with Crippen molar-refractivity contribution in [2.75, 3.05) is 34.2 Å². The molecule has 0 unspecified atom stereocenters. The van der Waals surface area contributed by atoms with E-state index in [9.17, 15) is 14.4 Å². The number of carbonyl (C=O) groups excluding carboxylic acids is 3. The molecule has 3 amide bonds. The van der Waals surface area contributed by atoms with Gasteiger partial charge in [0.1, 0.15) is 5.54 Å². The van der Waals surface area contributed by atoms with Crippen molar-refractivity contribution in [2.45, 2.75) is 57.0 Å². The average Bonchev–Trinajstić information content (AvgIpc) is 3.02. The Labute approximate surface area is 185 Å². The maximum absolute atomic E-state index is 12.8. The summed E-state index contributed by atoms with van der Waals surface area (Å²) >= 11 is 0. The van der Waals surface area contributed by atoms with Crippen molar-refractivity contribution in [1.82, 2.24) is 20.4 Å². The fourth-order valence-corrected chi connectivity index (χ4v) is 5.33. The third kappa shape index (κ3) is 4.61. The number of likely N-dealkylation sites (tertiary alicyclic amines) is 1. The van der Waals surface area contributed by atoms with Gasteiger partial charge in [0.25, 0.3) is 0 Å². The average molecular weight is 429 g/mol. The molecule has 0 atom stereocenters. The summed E-state index contributed by atoms with van der Waals surface area (Å²) in [4.78, 5) is 41.2. The lowest BCUT2D eigenvalue weighted by atomic mass is 9.64. The van der Waals surface area contributed by atoms with E-state index in [1.807, 2.05) is 6.07 Å². The van der Waals surface area contributed by atoms with Crippen molar-refractivity contribution in [2.24, 2.45) is 5.41 Å². The predicted molar refractivity (Wildman–Crippen MR) is 120 cm³/mol. The van der Waals surface area contributed by atoms with Crippen molar-refractivity contribution in [1.29, 1.82) is 0 Å². The molecule has 1 heterocycles.